The summed E-state index contributed by atoms with van der Waals surface area (Å²) in [5, 5.41) is 8.47. The van der Waals surface area contributed by atoms with Crippen molar-refractivity contribution in [3.05, 3.63) is 35.4 Å². The van der Waals surface area contributed by atoms with Crippen molar-refractivity contribution in [2.24, 2.45) is 5.92 Å². The predicted molar refractivity (Wildman–Crippen MR) is 79.5 cm³/mol. The van der Waals surface area contributed by atoms with Crippen molar-refractivity contribution < 1.29 is 0 Å². The monoisotopic (exact) mass is 245 g/mol. The number of aryl methyl sites for hydroxylation is 1. The molecule has 0 amide bonds. The van der Waals surface area contributed by atoms with Crippen LogP contribution in [0.5, 0.6) is 0 Å². The van der Waals surface area contributed by atoms with Gasteiger partial charge in [0.15, 0.2) is 0 Å². The summed E-state index contributed by atoms with van der Waals surface area (Å²) in [7, 11) is 0. The van der Waals surface area contributed by atoms with Gasteiger partial charge in [0.2, 0.25) is 0 Å². The van der Waals surface area contributed by atoms with Gasteiger partial charge in [-0.2, -0.15) is 5.26 Å². The zero-order valence-corrected chi connectivity index (χ0v) is 12.4. The van der Waals surface area contributed by atoms with Crippen LogP contribution in [0.2, 0.25) is 0 Å². The first-order valence-electron chi connectivity index (χ1n) is 7.11. The predicted octanol–water partition coefficient (Wildman–Crippen LogP) is 5.48. The number of hydrogen-bond donors (Lipinski definition) is 0. The first-order chi connectivity index (χ1) is 8.65. The lowest BCUT2D eigenvalue weighted by molar-refractivity contribution is 0.466. The van der Waals surface area contributed by atoms with Gasteiger partial charge in [-0.15, -0.1) is 0 Å². The van der Waals surface area contributed by atoms with Crippen LogP contribution in [0.25, 0.3) is 0 Å². The van der Waals surface area contributed by atoms with Crippen LogP contribution >= 0.6 is 0 Å². The summed E-state index contributed by atoms with van der Waals surface area (Å²) in [5.74, 6) is 0.968. The lowest BCUT2D eigenvalue weighted by atomic mass is 10.00. The minimum Gasteiger partial charge on any atom is -0.192 e. The molecule has 100 valence electrons. The topological polar surface area (TPSA) is 23.8 Å². The molecule has 18 heavy (non-hydrogen) atoms. The Morgan fingerprint density at radius 3 is 2.22 bits per heavy atom. The molecule has 1 aromatic rings. The highest BCUT2D eigenvalue weighted by Crippen LogP contribution is 2.12. The van der Waals surface area contributed by atoms with Crippen LogP contribution in [-0.4, -0.2) is 0 Å². The van der Waals surface area contributed by atoms with Crippen LogP contribution in [-0.2, 0) is 0 Å². The van der Waals surface area contributed by atoms with E-state index < -0.39 is 0 Å². The fourth-order valence-electron chi connectivity index (χ4n) is 1.89. The summed E-state index contributed by atoms with van der Waals surface area (Å²) in [6.07, 6.45) is 6.98. The number of unbranched alkanes of at least 4 members (excludes halogenated alkanes) is 1. The molecule has 1 aromatic carbocycles. The normalized spacial score (nSPS) is 11.1. The van der Waals surface area contributed by atoms with Crippen molar-refractivity contribution in [1.82, 2.24) is 0 Å². The number of hydrogen-bond acceptors (Lipinski definition) is 1. The Bertz CT molecular complexity index is 349. The highest BCUT2D eigenvalue weighted by Gasteiger charge is 1.97. The molecule has 1 rings (SSSR count). The van der Waals surface area contributed by atoms with Crippen molar-refractivity contribution >= 4 is 0 Å². The molecule has 0 saturated heterocycles. The highest BCUT2D eigenvalue weighted by atomic mass is 14.2. The second-order valence-corrected chi connectivity index (χ2v) is 4.96. The summed E-state index contributed by atoms with van der Waals surface area (Å²) < 4.78 is 0. The van der Waals surface area contributed by atoms with Gasteiger partial charge in [-0.25, -0.2) is 0 Å². The first kappa shape index (κ1) is 16.7. The van der Waals surface area contributed by atoms with Gasteiger partial charge in [-0.3, -0.25) is 0 Å². The maximum atomic E-state index is 8.47. The van der Waals surface area contributed by atoms with Crippen molar-refractivity contribution in [3.8, 4) is 6.07 Å². The Labute approximate surface area is 113 Å². The quantitative estimate of drug-likeness (QED) is 0.674. The van der Waals surface area contributed by atoms with E-state index in [-0.39, 0.29) is 0 Å². The van der Waals surface area contributed by atoms with Crippen molar-refractivity contribution in [2.45, 2.75) is 59.8 Å². The van der Waals surface area contributed by atoms with Gasteiger partial charge < -0.3 is 0 Å². The van der Waals surface area contributed by atoms with Crippen LogP contribution in [0, 0.1) is 24.2 Å². The molecule has 0 N–H and O–H groups in total. The van der Waals surface area contributed by atoms with E-state index in [0.29, 0.717) is 0 Å². The molecule has 0 spiro atoms. The maximum absolute atomic E-state index is 8.47. The van der Waals surface area contributed by atoms with Crippen LogP contribution in [0.1, 0.15) is 64.0 Å². The molecule has 0 aliphatic rings. The molecule has 0 bridgehead atoms. The number of nitriles is 1. The number of benzene rings is 1. The average molecular weight is 245 g/mol. The molecule has 1 atom stereocenters. The van der Waals surface area contributed by atoms with E-state index in [9.17, 15) is 0 Å². The Morgan fingerprint density at radius 2 is 1.78 bits per heavy atom. The van der Waals surface area contributed by atoms with Crippen LogP contribution < -0.4 is 0 Å². The van der Waals surface area contributed by atoms with Gasteiger partial charge in [0, 0.05) is 0 Å². The van der Waals surface area contributed by atoms with Gasteiger partial charge in [0.1, 0.15) is 0 Å². The van der Waals surface area contributed by atoms with E-state index in [1.54, 1.807) is 0 Å². The third-order valence-electron chi connectivity index (χ3n) is 3.10. The molecule has 0 aromatic heterocycles. The highest BCUT2D eigenvalue weighted by molar-refractivity contribution is 5.35. The van der Waals surface area contributed by atoms with Crippen molar-refractivity contribution in [3.63, 3.8) is 0 Å². The first-order valence-corrected chi connectivity index (χ1v) is 7.11. The third-order valence-corrected chi connectivity index (χ3v) is 3.10. The minimum atomic E-state index is 0.762. The van der Waals surface area contributed by atoms with Crippen molar-refractivity contribution in [1.29, 1.82) is 5.26 Å². The van der Waals surface area contributed by atoms with Crippen LogP contribution in [0.4, 0.5) is 0 Å². The SMILES string of the molecule is CCCCC(C)CCC.Cc1ccccc1C#N. The lowest BCUT2D eigenvalue weighted by Gasteiger charge is -2.07. The van der Waals surface area contributed by atoms with Gasteiger partial charge in [-0.1, -0.05) is 71.1 Å². The fourth-order valence-corrected chi connectivity index (χ4v) is 1.89. The zero-order chi connectivity index (χ0) is 13.8. The van der Waals surface area contributed by atoms with Gasteiger partial charge in [0.05, 0.1) is 11.6 Å². The van der Waals surface area contributed by atoms with Gasteiger partial charge in [-0.05, 0) is 24.5 Å². The van der Waals surface area contributed by atoms with E-state index in [1.165, 1.54) is 32.1 Å². The molecule has 1 nitrogen and oxygen atoms in total. The summed E-state index contributed by atoms with van der Waals surface area (Å²) in [4.78, 5) is 0. The maximum Gasteiger partial charge on any atom is 0.0994 e. The third kappa shape index (κ3) is 7.90. The Balaban J connectivity index is 0.000000321. The van der Waals surface area contributed by atoms with Crippen molar-refractivity contribution in [2.75, 3.05) is 0 Å². The summed E-state index contributed by atoms with van der Waals surface area (Å²) in [6, 6.07) is 9.63. The Morgan fingerprint density at radius 1 is 1.11 bits per heavy atom. The van der Waals surface area contributed by atoms with Crippen LogP contribution in [0.3, 0.4) is 0 Å². The lowest BCUT2D eigenvalue weighted by Crippen LogP contribution is -1.92. The molecule has 0 aliphatic heterocycles. The van der Waals surface area contributed by atoms with E-state index >= 15 is 0 Å². The molecule has 1 heteroatoms. The summed E-state index contributed by atoms with van der Waals surface area (Å²) >= 11 is 0. The molecule has 0 saturated carbocycles. The van der Waals surface area contributed by atoms with E-state index in [1.807, 2.05) is 31.2 Å². The van der Waals surface area contributed by atoms with E-state index in [4.69, 9.17) is 5.26 Å². The largest absolute Gasteiger partial charge is 0.192 e. The second-order valence-electron chi connectivity index (χ2n) is 4.96. The Hall–Kier alpha value is -1.29. The minimum absolute atomic E-state index is 0.762. The van der Waals surface area contributed by atoms with Crippen LogP contribution in [0.15, 0.2) is 24.3 Å². The van der Waals surface area contributed by atoms with E-state index in [0.717, 1.165) is 17.0 Å². The summed E-state index contributed by atoms with van der Waals surface area (Å²) in [5.41, 5.74) is 1.80. The molecule has 1 unspecified atom stereocenters. The molecule has 0 aliphatic carbocycles. The number of rotatable bonds is 5. The van der Waals surface area contributed by atoms with E-state index in [2.05, 4.69) is 26.8 Å². The average Bonchev–Trinajstić information content (AvgIpc) is 2.38. The molecule has 0 heterocycles. The van der Waals surface area contributed by atoms with Gasteiger partial charge >= 0.3 is 0 Å². The Kier molecular flexibility index (Phi) is 10.1. The second kappa shape index (κ2) is 10.8. The standard InChI is InChI=1S/C9H20.C8H7N/c1-4-6-8-9(3)7-5-2;1-7-4-2-3-5-8(7)6-9/h9H,4-8H2,1-3H3;2-5H,1H3. The molecular weight excluding hydrogens is 218 g/mol. The molecular formula is C17H27N. The fraction of sp³-hybridized carbons (Fsp3) is 0.588. The zero-order valence-electron chi connectivity index (χ0n) is 12.4. The smallest absolute Gasteiger partial charge is 0.0994 e. The molecule has 0 radical (unpaired) electrons. The summed E-state index contributed by atoms with van der Waals surface area (Å²) in [6.45, 7) is 8.82. The number of nitrogens with zero attached hydrogens (tertiary/aromatic N) is 1. The van der Waals surface area contributed by atoms with Gasteiger partial charge in [0.25, 0.3) is 0 Å². The molecule has 0 fully saturated rings.